The normalized spacial score (nSPS) is 20.7. The third-order valence-electron chi connectivity index (χ3n) is 7.10. The fraction of sp³-hybridized carbons (Fsp3) is 0.565. The molecule has 8 nitrogen and oxygen atoms in total. The number of carbonyl (C=O) groups is 1. The summed E-state index contributed by atoms with van der Waals surface area (Å²) in [5.41, 5.74) is 6.33. The highest BCUT2D eigenvalue weighted by molar-refractivity contribution is 7.87. The first-order chi connectivity index (χ1) is 15.4. The quantitative estimate of drug-likeness (QED) is 0.710. The number of likely N-dealkylation sites (tertiary alicyclic amines) is 1. The van der Waals surface area contributed by atoms with Crippen molar-refractivity contribution in [3.63, 3.8) is 0 Å². The number of carbonyl (C=O) groups excluding carboxylic acids is 1. The molecule has 9 heteroatoms. The number of rotatable bonds is 5. The molecule has 2 aliphatic carbocycles. The van der Waals surface area contributed by atoms with Crippen LogP contribution in [-0.2, 0) is 35.9 Å². The molecule has 0 radical (unpaired) electrons. The zero-order valence-corrected chi connectivity index (χ0v) is 19.4. The summed E-state index contributed by atoms with van der Waals surface area (Å²) in [5, 5.41) is 2.94. The molecule has 0 unspecified atom stereocenters. The SMILES string of the molecule is CN1CCC(N(C2=CCN=C2)S(=O)(=O)NC(=O)Nc2c3c(cc4c2CCC4)CCC3)CC1. The minimum atomic E-state index is -4.08. The van der Waals surface area contributed by atoms with Crippen molar-refractivity contribution in [1.29, 1.82) is 0 Å². The number of aliphatic imine (C=N–C) groups is 1. The van der Waals surface area contributed by atoms with Gasteiger partial charge in [-0.25, -0.2) is 13.8 Å². The zero-order chi connectivity index (χ0) is 22.3. The number of nitrogens with one attached hydrogen (secondary N) is 2. The lowest BCUT2D eigenvalue weighted by atomic mass is 9.99. The van der Waals surface area contributed by atoms with E-state index in [9.17, 15) is 13.2 Å². The molecule has 1 saturated heterocycles. The number of benzene rings is 1. The van der Waals surface area contributed by atoms with Crippen molar-refractivity contribution >= 4 is 28.1 Å². The monoisotopic (exact) mass is 457 g/mol. The molecule has 0 spiro atoms. The maximum Gasteiger partial charge on any atom is 0.334 e. The molecule has 1 aromatic rings. The summed E-state index contributed by atoms with van der Waals surface area (Å²) >= 11 is 0. The maximum atomic E-state index is 13.4. The first-order valence-electron chi connectivity index (χ1n) is 11.6. The van der Waals surface area contributed by atoms with Crippen molar-refractivity contribution in [2.24, 2.45) is 4.99 Å². The Labute approximate surface area is 189 Å². The van der Waals surface area contributed by atoms with Crippen LogP contribution in [0.3, 0.4) is 0 Å². The molecular weight excluding hydrogens is 426 g/mol. The third-order valence-corrected chi connectivity index (χ3v) is 8.57. The first kappa shape index (κ1) is 21.5. The number of urea groups is 1. The standard InChI is InChI=1S/C23H31N5O3S/c1-27-12-9-18(10-13-27)28(19-8-11-24-15-19)32(30,31)26-23(29)25-22-20-6-2-4-16(20)14-17-5-3-7-21(17)22/h8,14-15,18H,2-7,9-13H2,1H3,(H2,25,26,29). The first-order valence-corrected chi connectivity index (χ1v) is 13.0. The van der Waals surface area contributed by atoms with Gasteiger partial charge in [-0.1, -0.05) is 6.07 Å². The second-order valence-corrected chi connectivity index (χ2v) is 10.8. The largest absolute Gasteiger partial charge is 0.334 e. The summed E-state index contributed by atoms with van der Waals surface area (Å²) in [7, 11) is -2.04. The number of anilines is 1. The van der Waals surface area contributed by atoms with Crippen molar-refractivity contribution in [3.8, 4) is 0 Å². The molecule has 0 bridgehead atoms. The number of nitrogens with zero attached hydrogens (tertiary/aromatic N) is 3. The Morgan fingerprint density at radius 2 is 1.75 bits per heavy atom. The molecule has 2 N–H and O–H groups in total. The summed E-state index contributed by atoms with van der Waals surface area (Å²) in [4.78, 5) is 19.4. The number of piperidine rings is 1. The fourth-order valence-corrected chi connectivity index (χ4v) is 6.93. The van der Waals surface area contributed by atoms with E-state index in [0.717, 1.165) is 57.3 Å². The summed E-state index contributed by atoms with van der Waals surface area (Å²) in [6, 6.07) is 1.41. The van der Waals surface area contributed by atoms with Gasteiger partial charge in [0.05, 0.1) is 12.2 Å². The van der Waals surface area contributed by atoms with E-state index < -0.39 is 16.2 Å². The summed E-state index contributed by atoms with van der Waals surface area (Å²) in [6.45, 7) is 2.09. The summed E-state index contributed by atoms with van der Waals surface area (Å²) in [5.74, 6) is 0. The van der Waals surface area contributed by atoms with Gasteiger partial charge in [0.1, 0.15) is 0 Å². The molecule has 172 valence electrons. The number of fused-ring (bicyclic) bond motifs is 2. The van der Waals surface area contributed by atoms with E-state index in [1.54, 1.807) is 12.3 Å². The fourth-order valence-electron chi connectivity index (χ4n) is 5.54. The van der Waals surface area contributed by atoms with Gasteiger partial charge < -0.3 is 10.2 Å². The zero-order valence-electron chi connectivity index (χ0n) is 18.6. The topological polar surface area (TPSA) is 94.1 Å². The Hall–Kier alpha value is -2.39. The van der Waals surface area contributed by atoms with E-state index in [4.69, 9.17) is 0 Å². The lowest BCUT2D eigenvalue weighted by molar-refractivity contribution is 0.203. The molecule has 32 heavy (non-hydrogen) atoms. The molecule has 0 saturated carbocycles. The highest BCUT2D eigenvalue weighted by atomic mass is 32.2. The minimum absolute atomic E-state index is 0.197. The number of aryl methyl sites for hydroxylation is 2. The van der Waals surface area contributed by atoms with Crippen LogP contribution in [0.2, 0.25) is 0 Å². The van der Waals surface area contributed by atoms with Gasteiger partial charge in [-0.05, 0) is 99.8 Å². The van der Waals surface area contributed by atoms with Crippen molar-refractivity contribution in [3.05, 3.63) is 40.1 Å². The lowest BCUT2D eigenvalue weighted by Gasteiger charge is -2.37. The molecule has 2 amide bonds. The molecule has 2 heterocycles. The number of hydrogen-bond acceptors (Lipinski definition) is 5. The van der Waals surface area contributed by atoms with E-state index in [2.05, 4.69) is 26.0 Å². The van der Waals surface area contributed by atoms with Crippen molar-refractivity contribution < 1.29 is 13.2 Å². The van der Waals surface area contributed by atoms with Crippen LogP contribution in [0.5, 0.6) is 0 Å². The Bertz CT molecular complexity index is 1060. The molecule has 1 fully saturated rings. The molecule has 0 atom stereocenters. The predicted molar refractivity (Wildman–Crippen MR) is 125 cm³/mol. The van der Waals surface area contributed by atoms with Gasteiger partial charge in [0.2, 0.25) is 0 Å². The van der Waals surface area contributed by atoms with Gasteiger partial charge in [-0.3, -0.25) is 4.99 Å². The van der Waals surface area contributed by atoms with E-state index in [0.29, 0.717) is 25.1 Å². The van der Waals surface area contributed by atoms with E-state index >= 15 is 0 Å². The molecule has 0 aromatic heterocycles. The van der Waals surface area contributed by atoms with Crippen molar-refractivity contribution in [2.45, 2.75) is 57.4 Å². The highest BCUT2D eigenvalue weighted by Gasteiger charge is 2.35. The maximum absolute atomic E-state index is 13.4. The van der Waals surface area contributed by atoms with E-state index in [-0.39, 0.29) is 6.04 Å². The number of hydrogen-bond donors (Lipinski definition) is 2. The van der Waals surface area contributed by atoms with Gasteiger partial charge in [-0.15, -0.1) is 0 Å². The molecule has 2 aliphatic heterocycles. The van der Waals surface area contributed by atoms with Crippen molar-refractivity contribution in [1.82, 2.24) is 13.9 Å². The van der Waals surface area contributed by atoms with Crippen molar-refractivity contribution in [2.75, 3.05) is 32.0 Å². The van der Waals surface area contributed by atoms with Gasteiger partial charge in [0.15, 0.2) is 0 Å². The summed E-state index contributed by atoms with van der Waals surface area (Å²) in [6.07, 6.45) is 10.9. The highest BCUT2D eigenvalue weighted by Crippen LogP contribution is 2.38. The Morgan fingerprint density at radius 3 is 2.34 bits per heavy atom. The van der Waals surface area contributed by atoms with Crippen LogP contribution in [0.1, 0.15) is 47.9 Å². The summed E-state index contributed by atoms with van der Waals surface area (Å²) < 4.78 is 30.5. The van der Waals surface area contributed by atoms with Crippen LogP contribution in [0.25, 0.3) is 0 Å². The van der Waals surface area contributed by atoms with Crippen LogP contribution in [0, 0.1) is 0 Å². The van der Waals surface area contributed by atoms with Crippen LogP contribution < -0.4 is 10.0 Å². The average Bonchev–Trinajstić information content (AvgIpc) is 3.50. The molecule has 5 rings (SSSR count). The molecular formula is C23H31N5O3S. The van der Waals surface area contributed by atoms with Crippen LogP contribution in [0.4, 0.5) is 10.5 Å². The smallest absolute Gasteiger partial charge is 0.307 e. The minimum Gasteiger partial charge on any atom is -0.307 e. The van der Waals surface area contributed by atoms with Crippen LogP contribution in [0.15, 0.2) is 22.8 Å². The lowest BCUT2D eigenvalue weighted by Crippen LogP contribution is -2.52. The van der Waals surface area contributed by atoms with Gasteiger partial charge in [0, 0.05) is 17.9 Å². The average molecular weight is 458 g/mol. The molecule has 1 aromatic carbocycles. The molecule has 4 aliphatic rings. The van der Waals surface area contributed by atoms with E-state index in [1.165, 1.54) is 26.6 Å². The second-order valence-electron chi connectivity index (χ2n) is 9.25. The van der Waals surface area contributed by atoms with E-state index in [1.807, 2.05) is 7.05 Å². The van der Waals surface area contributed by atoms with Crippen LogP contribution >= 0.6 is 0 Å². The van der Waals surface area contributed by atoms with Gasteiger partial charge >= 0.3 is 16.2 Å². The Kier molecular flexibility index (Phi) is 5.71. The number of allylic oxidation sites excluding steroid dienone is 1. The van der Waals surface area contributed by atoms with Gasteiger partial charge in [-0.2, -0.15) is 8.42 Å². The number of amides is 2. The predicted octanol–water partition coefficient (Wildman–Crippen LogP) is 2.39. The second kappa shape index (κ2) is 8.51. The Balaban J connectivity index is 1.38. The van der Waals surface area contributed by atoms with Crippen LogP contribution in [-0.4, -0.2) is 62.6 Å². The Morgan fingerprint density at radius 1 is 1.09 bits per heavy atom. The van der Waals surface area contributed by atoms with Gasteiger partial charge in [0.25, 0.3) is 0 Å². The third kappa shape index (κ3) is 4.03.